The molecule has 6 atom stereocenters. The molecule has 0 bridgehead atoms. The Morgan fingerprint density at radius 1 is 1.27 bits per heavy atom. The van der Waals surface area contributed by atoms with E-state index in [1.165, 1.54) is 18.5 Å². The molecule has 2 heterocycles. The predicted molar refractivity (Wildman–Crippen MR) is 98.8 cm³/mol. The molecule has 3 N–H and O–H groups in total. The first-order valence-corrected chi connectivity index (χ1v) is 11.7. The highest BCUT2D eigenvalue weighted by atomic mass is 31.3. The van der Waals surface area contributed by atoms with E-state index < -0.39 is 52.5 Å². The molecule has 30 heavy (non-hydrogen) atoms. The average Bonchev–Trinajstić information content (AvgIpc) is 2.86. The highest BCUT2D eigenvalue weighted by molar-refractivity contribution is 7.61. The largest absolute Gasteiger partial charge is 0.481 e. The van der Waals surface area contributed by atoms with Crippen molar-refractivity contribution in [2.45, 2.75) is 24.6 Å². The maximum absolute atomic E-state index is 14.3. The number of hydrogen-bond donors (Lipinski definition) is 3. The molecule has 2 rings (SSSR count). The maximum atomic E-state index is 14.3. The van der Waals surface area contributed by atoms with E-state index in [9.17, 15) is 33.2 Å². The second-order valence-electron chi connectivity index (χ2n) is 7.47. The van der Waals surface area contributed by atoms with Gasteiger partial charge < -0.3 is 24.1 Å². The molecule has 0 saturated carbocycles. The molecule has 0 aromatic carbocycles. The van der Waals surface area contributed by atoms with Gasteiger partial charge in [0.2, 0.25) is 0 Å². The minimum absolute atomic E-state index is 0.243. The van der Waals surface area contributed by atoms with Crippen LogP contribution in [0.5, 0.6) is 0 Å². The highest BCUT2D eigenvalue weighted by Gasteiger charge is 2.47. The van der Waals surface area contributed by atoms with Crippen LogP contribution in [-0.4, -0.2) is 88.2 Å². The Hall–Kier alpha value is -1.05. The third kappa shape index (κ3) is 7.27. The van der Waals surface area contributed by atoms with Gasteiger partial charge in [0.15, 0.2) is 12.4 Å². The Balaban J connectivity index is 1.93. The quantitative estimate of drug-likeness (QED) is 0.302. The van der Waals surface area contributed by atoms with Crippen molar-refractivity contribution in [3.63, 3.8) is 0 Å². The van der Waals surface area contributed by atoms with Crippen LogP contribution in [0.3, 0.4) is 0 Å². The molecule has 0 radical (unpaired) electrons. The Morgan fingerprint density at radius 3 is 2.50 bits per heavy atom. The van der Waals surface area contributed by atoms with Gasteiger partial charge in [-0.25, -0.2) is 23.3 Å². The number of phosphoric ester groups is 2. The van der Waals surface area contributed by atoms with Crippen LogP contribution >= 0.6 is 15.6 Å². The van der Waals surface area contributed by atoms with Crippen molar-refractivity contribution in [3.8, 4) is 0 Å². The van der Waals surface area contributed by atoms with Gasteiger partial charge in [0.1, 0.15) is 25.4 Å². The molecule has 0 aliphatic carbocycles. The van der Waals surface area contributed by atoms with Crippen LogP contribution in [0, 0.1) is 0 Å². The average molecular weight is 476 g/mol. The molecule has 1 aliphatic heterocycles. The fraction of sp³-hybridized carbons (Fsp3) is 0.714. The first-order chi connectivity index (χ1) is 13.7. The van der Waals surface area contributed by atoms with Gasteiger partial charge in [-0.1, -0.05) is 0 Å². The van der Waals surface area contributed by atoms with Crippen molar-refractivity contribution in [1.82, 2.24) is 9.55 Å². The smallest absolute Gasteiger partial charge is 0.387 e. The summed E-state index contributed by atoms with van der Waals surface area (Å²) in [5.41, 5.74) is -0.831. The molecule has 172 valence electrons. The van der Waals surface area contributed by atoms with E-state index in [4.69, 9.17) is 4.74 Å². The number of rotatable bonds is 10. The number of aromatic nitrogens is 2. The summed E-state index contributed by atoms with van der Waals surface area (Å²) in [5.74, 6) is 0. The van der Waals surface area contributed by atoms with E-state index in [-0.39, 0.29) is 6.61 Å². The highest BCUT2D eigenvalue weighted by Crippen LogP contribution is 2.60. The van der Waals surface area contributed by atoms with Gasteiger partial charge in [-0.3, -0.25) is 13.6 Å². The van der Waals surface area contributed by atoms with Crippen molar-refractivity contribution >= 4 is 15.6 Å². The van der Waals surface area contributed by atoms with Crippen LogP contribution in [0.2, 0.25) is 0 Å². The molecule has 13 nitrogen and oxygen atoms in total. The number of nitrogens with zero attached hydrogens (tertiary/aromatic N) is 3. The van der Waals surface area contributed by atoms with Gasteiger partial charge in [0, 0.05) is 12.4 Å². The number of hydrogen-bond acceptors (Lipinski definition) is 9. The minimum Gasteiger partial charge on any atom is -0.387 e. The maximum Gasteiger partial charge on any atom is 0.481 e. The molecule has 1 aliphatic rings. The Bertz CT molecular complexity index is 878. The number of quaternary nitrogens is 1. The van der Waals surface area contributed by atoms with Crippen LogP contribution < -0.4 is 5.69 Å². The molecule has 1 saturated heterocycles. The van der Waals surface area contributed by atoms with Crippen molar-refractivity contribution in [1.29, 1.82) is 0 Å². The second kappa shape index (κ2) is 9.61. The van der Waals surface area contributed by atoms with E-state index >= 15 is 0 Å². The third-order valence-electron chi connectivity index (χ3n) is 3.93. The first-order valence-electron chi connectivity index (χ1n) is 8.68. The normalized spacial score (nSPS) is 28.8. The Kier molecular flexibility index (Phi) is 8.08. The Labute approximate surface area is 171 Å². The van der Waals surface area contributed by atoms with Gasteiger partial charge in [0.25, 0.3) is 0 Å². The number of aliphatic hydroxyl groups excluding tert-OH is 1. The molecule has 0 amide bonds. The number of alkyl halides is 1. The lowest BCUT2D eigenvalue weighted by molar-refractivity contribution is -0.870. The summed E-state index contributed by atoms with van der Waals surface area (Å²) in [6.45, 7) is -0.813. The van der Waals surface area contributed by atoms with Gasteiger partial charge in [-0.2, -0.15) is 4.31 Å². The van der Waals surface area contributed by atoms with E-state index in [2.05, 4.69) is 18.3 Å². The van der Waals surface area contributed by atoms with Crippen molar-refractivity contribution in [3.05, 3.63) is 28.9 Å². The molecule has 4 unspecified atom stereocenters. The van der Waals surface area contributed by atoms with Crippen molar-refractivity contribution < 1.29 is 51.0 Å². The summed E-state index contributed by atoms with van der Waals surface area (Å²) in [6, 6.07) is 1.35. The standard InChI is InChI=1S/C14H24FN3O10P2/c1-18(2,3)7-8-25-29(21,22)28-30(23,24)26-9-10-12(19)11(15)13(27-10)17-6-4-5-16-14(17)20/h4-6,10-13,19H,7-9H2,1-3H3,(H-,21,22,23,24)/p+1/t10-,11?,12-,13?/m1/s1. The number of halogens is 1. The molecular weight excluding hydrogens is 451 g/mol. The zero-order valence-electron chi connectivity index (χ0n) is 16.5. The first kappa shape index (κ1) is 25.2. The van der Waals surface area contributed by atoms with Crippen LogP contribution in [0.4, 0.5) is 4.39 Å². The number of phosphoric acid groups is 2. The molecule has 1 fully saturated rings. The monoisotopic (exact) mass is 476 g/mol. The lowest BCUT2D eigenvalue weighted by atomic mass is 10.1. The Morgan fingerprint density at radius 2 is 1.90 bits per heavy atom. The van der Waals surface area contributed by atoms with E-state index in [1.54, 1.807) is 21.1 Å². The van der Waals surface area contributed by atoms with Crippen LogP contribution in [0.1, 0.15) is 6.23 Å². The van der Waals surface area contributed by atoms with Crippen molar-refractivity contribution in [2.75, 3.05) is 40.9 Å². The fourth-order valence-corrected chi connectivity index (χ4v) is 4.47. The molecule has 1 aromatic heterocycles. The second-order valence-corrected chi connectivity index (χ2v) is 10.5. The third-order valence-corrected chi connectivity index (χ3v) is 6.57. The van der Waals surface area contributed by atoms with E-state index in [1.807, 2.05) is 0 Å². The summed E-state index contributed by atoms with van der Waals surface area (Å²) in [5, 5.41) is 9.94. The molecule has 16 heteroatoms. The van der Waals surface area contributed by atoms with Gasteiger partial charge in [-0.05, 0) is 6.07 Å². The summed E-state index contributed by atoms with van der Waals surface area (Å²) in [7, 11) is -4.68. The lowest BCUT2D eigenvalue weighted by Gasteiger charge is -2.24. The van der Waals surface area contributed by atoms with Crippen LogP contribution in [0.15, 0.2) is 23.3 Å². The minimum atomic E-state index is -5.13. The number of ether oxygens (including phenoxy) is 1. The fourth-order valence-electron chi connectivity index (χ4n) is 2.40. The summed E-state index contributed by atoms with van der Waals surface area (Å²) in [4.78, 5) is 34.4. The zero-order chi connectivity index (χ0) is 22.7. The lowest BCUT2D eigenvalue weighted by Crippen LogP contribution is -2.37. The summed E-state index contributed by atoms with van der Waals surface area (Å²) >= 11 is 0. The topological polar surface area (TPSA) is 167 Å². The van der Waals surface area contributed by atoms with Gasteiger partial charge >= 0.3 is 21.3 Å². The summed E-state index contributed by atoms with van der Waals surface area (Å²) < 4.78 is 57.8. The molecule has 0 spiro atoms. The summed E-state index contributed by atoms with van der Waals surface area (Å²) in [6.07, 6.45) is -4.52. The van der Waals surface area contributed by atoms with Gasteiger partial charge in [0.05, 0.1) is 27.7 Å². The van der Waals surface area contributed by atoms with E-state index in [0.29, 0.717) is 11.0 Å². The van der Waals surface area contributed by atoms with Gasteiger partial charge in [-0.15, -0.1) is 0 Å². The zero-order valence-corrected chi connectivity index (χ0v) is 18.3. The van der Waals surface area contributed by atoms with Crippen LogP contribution in [0.25, 0.3) is 0 Å². The predicted octanol–water partition coefficient (Wildman–Crippen LogP) is -0.204. The number of aliphatic hydroxyl groups is 1. The van der Waals surface area contributed by atoms with Crippen molar-refractivity contribution in [2.24, 2.45) is 0 Å². The number of likely N-dealkylation sites (N-methyl/N-ethyl adjacent to an activating group) is 1. The van der Waals surface area contributed by atoms with E-state index in [0.717, 1.165) is 4.57 Å². The SMILES string of the molecule is C[N+](C)(C)CCOP(=O)(O)OP(=O)(O)OC[C@H]1OC(n2cccnc2=O)C(F)[C@@H]1O. The molecule has 1 aromatic rings. The molecular formula is C14H25FN3O10P2+. The van der Waals surface area contributed by atoms with Crippen LogP contribution in [-0.2, 0) is 27.2 Å².